The number of rotatable bonds is 5. The summed E-state index contributed by atoms with van der Waals surface area (Å²) in [6.45, 7) is 1.62. The van der Waals surface area contributed by atoms with Gasteiger partial charge in [0.2, 0.25) is 0 Å². The van der Waals surface area contributed by atoms with Crippen molar-refractivity contribution in [2.45, 2.75) is 13.0 Å². The Bertz CT molecular complexity index is 1010. The van der Waals surface area contributed by atoms with Crippen LogP contribution in [0.1, 0.15) is 18.5 Å². The molecule has 0 fully saturated rings. The van der Waals surface area contributed by atoms with Gasteiger partial charge in [0.15, 0.2) is 0 Å². The molecule has 1 atom stereocenters. The Morgan fingerprint density at radius 1 is 1.23 bits per heavy atom. The first-order valence-corrected chi connectivity index (χ1v) is 8.03. The number of hydrogen-bond acceptors (Lipinski definition) is 5. The average molecular weight is 350 g/mol. The third-order valence-electron chi connectivity index (χ3n) is 3.99. The van der Waals surface area contributed by atoms with Crippen molar-refractivity contribution in [2.24, 2.45) is 5.10 Å². The maximum atomic E-state index is 12.5. The number of benzene rings is 2. The molecule has 1 aromatic heterocycles. The Balaban J connectivity index is 1.72. The zero-order chi connectivity index (χ0) is 18.5. The van der Waals surface area contributed by atoms with Crippen LogP contribution in [0.2, 0.25) is 0 Å². The van der Waals surface area contributed by atoms with E-state index in [2.05, 4.69) is 15.5 Å². The van der Waals surface area contributed by atoms with Crippen LogP contribution in [0.25, 0.3) is 10.9 Å². The molecule has 1 heterocycles. The second kappa shape index (κ2) is 7.60. The number of hydrazone groups is 1. The minimum Gasteiger partial charge on any atom is -0.497 e. The van der Waals surface area contributed by atoms with Gasteiger partial charge < -0.3 is 4.74 Å². The van der Waals surface area contributed by atoms with Gasteiger partial charge in [0, 0.05) is 0 Å². The zero-order valence-corrected chi connectivity index (χ0v) is 14.4. The van der Waals surface area contributed by atoms with Gasteiger partial charge in [-0.2, -0.15) is 5.10 Å². The third-order valence-corrected chi connectivity index (χ3v) is 3.99. The number of nitrogens with one attached hydrogen (secondary N) is 1. The summed E-state index contributed by atoms with van der Waals surface area (Å²) in [5.41, 5.74) is 3.58. The summed E-state index contributed by atoms with van der Waals surface area (Å²) in [5.74, 6) is 0.330. The predicted octanol–water partition coefficient (Wildman–Crippen LogP) is 2.12. The number of fused-ring (bicyclic) bond motifs is 1. The van der Waals surface area contributed by atoms with Crippen LogP contribution in [-0.2, 0) is 4.79 Å². The van der Waals surface area contributed by atoms with Gasteiger partial charge >= 0.3 is 0 Å². The van der Waals surface area contributed by atoms with Gasteiger partial charge in [-0.3, -0.25) is 14.2 Å². The molecule has 3 rings (SSSR count). The van der Waals surface area contributed by atoms with Crippen LogP contribution in [0.5, 0.6) is 5.75 Å². The number of amides is 1. The van der Waals surface area contributed by atoms with Crippen LogP contribution >= 0.6 is 0 Å². The number of nitrogens with zero attached hydrogens (tertiary/aromatic N) is 3. The quantitative estimate of drug-likeness (QED) is 0.564. The van der Waals surface area contributed by atoms with Crippen LogP contribution in [0, 0.1) is 0 Å². The monoisotopic (exact) mass is 350 g/mol. The van der Waals surface area contributed by atoms with E-state index in [9.17, 15) is 9.59 Å². The van der Waals surface area contributed by atoms with Gasteiger partial charge in [0.1, 0.15) is 11.8 Å². The smallest absolute Gasteiger partial charge is 0.262 e. The lowest BCUT2D eigenvalue weighted by Gasteiger charge is -2.13. The highest BCUT2D eigenvalue weighted by molar-refractivity contribution is 5.84. The fourth-order valence-electron chi connectivity index (χ4n) is 2.44. The lowest BCUT2D eigenvalue weighted by Crippen LogP contribution is -2.33. The van der Waals surface area contributed by atoms with Gasteiger partial charge in [-0.05, 0) is 48.9 Å². The fraction of sp³-hybridized carbons (Fsp3) is 0.158. The van der Waals surface area contributed by atoms with E-state index in [0.29, 0.717) is 10.9 Å². The van der Waals surface area contributed by atoms with Crippen LogP contribution in [0.15, 0.2) is 64.8 Å². The Morgan fingerprint density at radius 3 is 2.69 bits per heavy atom. The molecule has 3 aromatic rings. The Hall–Kier alpha value is -3.48. The van der Waals surface area contributed by atoms with Crippen molar-refractivity contribution in [2.75, 3.05) is 7.11 Å². The van der Waals surface area contributed by atoms with Crippen LogP contribution in [0.3, 0.4) is 0 Å². The van der Waals surface area contributed by atoms with Crippen LogP contribution in [-0.4, -0.2) is 28.8 Å². The van der Waals surface area contributed by atoms with Crippen molar-refractivity contribution in [3.05, 3.63) is 70.8 Å². The molecule has 0 spiro atoms. The highest BCUT2D eigenvalue weighted by Gasteiger charge is 2.17. The van der Waals surface area contributed by atoms with Gasteiger partial charge in [0.05, 0.1) is 30.6 Å². The standard InChI is InChI=1S/C19H18N4O3/c1-13(23-12-20-17-6-4-3-5-16(17)19(23)25)18(24)22-21-11-14-7-9-15(26-2)10-8-14/h3-13H,1-2H3,(H,22,24)/t13-/m1/s1. The van der Waals surface area contributed by atoms with E-state index in [1.807, 2.05) is 18.2 Å². The Kier molecular flexibility index (Phi) is 5.07. The molecule has 26 heavy (non-hydrogen) atoms. The molecule has 0 unspecified atom stereocenters. The minimum absolute atomic E-state index is 0.266. The van der Waals surface area contributed by atoms with Crippen molar-refractivity contribution in [3.8, 4) is 5.75 Å². The normalized spacial score (nSPS) is 12.2. The van der Waals surface area contributed by atoms with Gasteiger partial charge in [-0.15, -0.1) is 0 Å². The molecule has 0 saturated carbocycles. The third kappa shape index (κ3) is 3.61. The number of ether oxygens (including phenoxy) is 1. The van der Waals surface area contributed by atoms with Crippen molar-refractivity contribution in [3.63, 3.8) is 0 Å². The first-order chi connectivity index (χ1) is 12.6. The molecule has 0 aliphatic carbocycles. The highest BCUT2D eigenvalue weighted by atomic mass is 16.5. The van der Waals surface area contributed by atoms with Crippen LogP contribution < -0.4 is 15.7 Å². The molecule has 7 heteroatoms. The molecular formula is C19H18N4O3. The second-order valence-electron chi connectivity index (χ2n) is 5.66. The number of methoxy groups -OCH3 is 1. The van der Waals surface area contributed by atoms with Gasteiger partial charge in [0.25, 0.3) is 11.5 Å². The molecule has 1 amide bonds. The molecule has 132 valence electrons. The van der Waals surface area contributed by atoms with Crippen molar-refractivity contribution >= 4 is 23.0 Å². The summed E-state index contributed by atoms with van der Waals surface area (Å²) >= 11 is 0. The summed E-state index contributed by atoms with van der Waals surface area (Å²) in [5, 5.41) is 4.40. The number of aromatic nitrogens is 2. The Morgan fingerprint density at radius 2 is 1.96 bits per heavy atom. The molecule has 0 aliphatic rings. The van der Waals surface area contributed by atoms with Crippen molar-refractivity contribution < 1.29 is 9.53 Å². The summed E-state index contributed by atoms with van der Waals surface area (Å²) in [6.07, 6.45) is 2.90. The molecule has 0 radical (unpaired) electrons. The maximum Gasteiger partial charge on any atom is 0.262 e. The minimum atomic E-state index is -0.743. The second-order valence-corrected chi connectivity index (χ2v) is 5.66. The van der Waals surface area contributed by atoms with Gasteiger partial charge in [-0.25, -0.2) is 10.4 Å². The number of para-hydroxylation sites is 1. The van der Waals surface area contributed by atoms with E-state index in [1.54, 1.807) is 44.4 Å². The van der Waals surface area contributed by atoms with E-state index < -0.39 is 11.9 Å². The SMILES string of the molecule is COc1ccc(C=NNC(=O)[C@@H](C)n2cnc3ccccc3c2=O)cc1. The summed E-state index contributed by atoms with van der Waals surface area (Å²) in [7, 11) is 1.59. The largest absolute Gasteiger partial charge is 0.497 e. The lowest BCUT2D eigenvalue weighted by atomic mass is 10.2. The molecule has 0 bridgehead atoms. The summed E-state index contributed by atoms with van der Waals surface area (Å²) in [6, 6.07) is 13.5. The maximum absolute atomic E-state index is 12.5. The topological polar surface area (TPSA) is 85.6 Å². The van der Waals surface area contributed by atoms with Gasteiger partial charge in [-0.1, -0.05) is 12.1 Å². The zero-order valence-electron chi connectivity index (χ0n) is 14.4. The molecular weight excluding hydrogens is 332 g/mol. The molecule has 1 N–H and O–H groups in total. The summed E-state index contributed by atoms with van der Waals surface area (Å²) in [4.78, 5) is 29.0. The molecule has 7 nitrogen and oxygen atoms in total. The average Bonchev–Trinajstić information content (AvgIpc) is 2.68. The molecule has 0 saturated heterocycles. The summed E-state index contributed by atoms with van der Waals surface area (Å²) < 4.78 is 6.37. The van der Waals surface area contributed by atoms with Crippen molar-refractivity contribution in [1.29, 1.82) is 0 Å². The lowest BCUT2D eigenvalue weighted by molar-refractivity contribution is -0.123. The molecule has 2 aromatic carbocycles. The first-order valence-electron chi connectivity index (χ1n) is 8.03. The predicted molar refractivity (Wildman–Crippen MR) is 99.4 cm³/mol. The van der Waals surface area contributed by atoms with E-state index >= 15 is 0 Å². The highest BCUT2D eigenvalue weighted by Crippen LogP contribution is 2.10. The van der Waals surface area contributed by atoms with E-state index in [1.165, 1.54) is 17.1 Å². The Labute approximate surface area is 149 Å². The number of carbonyl (C=O) groups is 1. The first kappa shape index (κ1) is 17.3. The molecule has 0 aliphatic heterocycles. The van der Waals surface area contributed by atoms with E-state index in [-0.39, 0.29) is 5.56 Å². The number of carbonyl (C=O) groups excluding carboxylic acids is 1. The number of hydrogen-bond donors (Lipinski definition) is 1. The van der Waals surface area contributed by atoms with E-state index in [0.717, 1.165) is 11.3 Å². The van der Waals surface area contributed by atoms with Crippen molar-refractivity contribution in [1.82, 2.24) is 15.0 Å². The fourth-order valence-corrected chi connectivity index (χ4v) is 2.44. The van der Waals surface area contributed by atoms with Crippen LogP contribution in [0.4, 0.5) is 0 Å². The van der Waals surface area contributed by atoms with E-state index in [4.69, 9.17) is 4.74 Å².